The van der Waals surface area contributed by atoms with Gasteiger partial charge in [-0.1, -0.05) is 0 Å². The van der Waals surface area contributed by atoms with Gasteiger partial charge in [0.05, 0.1) is 26.4 Å². The highest BCUT2D eigenvalue weighted by molar-refractivity contribution is 6.18. The van der Waals surface area contributed by atoms with Gasteiger partial charge < -0.3 is 19.3 Å². The average Bonchev–Trinajstić information content (AvgIpc) is 2.50. The summed E-state index contributed by atoms with van der Waals surface area (Å²) in [6.07, 6.45) is 0.276. The summed E-state index contributed by atoms with van der Waals surface area (Å²) in [7, 11) is 2.92. The zero-order valence-electron chi connectivity index (χ0n) is 12.3. The number of methoxy groups -OCH3 is 2. The van der Waals surface area contributed by atoms with Crippen LogP contribution in [0.1, 0.15) is 29.3 Å². The van der Waals surface area contributed by atoms with Crippen LogP contribution in [0.2, 0.25) is 0 Å². The molecule has 0 bridgehead atoms. The number of aliphatic hydroxyl groups is 1. The number of hydrogen-bond acceptors (Lipinski definition) is 6. The number of carbonyl (C=O) groups excluding carboxylic acids is 2. The number of fused-ring (bicyclic) bond motifs is 1. The van der Waals surface area contributed by atoms with Crippen molar-refractivity contribution in [2.45, 2.75) is 25.4 Å². The van der Waals surface area contributed by atoms with Crippen LogP contribution in [0.3, 0.4) is 0 Å². The second kappa shape index (κ2) is 5.73. The lowest BCUT2D eigenvalue weighted by Crippen LogP contribution is -2.50. The van der Waals surface area contributed by atoms with Crippen molar-refractivity contribution in [1.82, 2.24) is 0 Å². The van der Waals surface area contributed by atoms with Crippen LogP contribution in [0.4, 0.5) is 0 Å². The van der Waals surface area contributed by atoms with Gasteiger partial charge in [-0.2, -0.15) is 0 Å². The molecular formula is C15H18O6. The Morgan fingerprint density at radius 2 is 1.90 bits per heavy atom. The molecule has 0 radical (unpaired) electrons. The zero-order chi connectivity index (χ0) is 15.6. The maximum Gasteiger partial charge on any atom is 0.346 e. The molecule has 0 saturated heterocycles. The van der Waals surface area contributed by atoms with E-state index in [-0.39, 0.29) is 18.6 Å². The lowest BCUT2D eigenvalue weighted by atomic mass is 9.78. The third kappa shape index (κ3) is 2.35. The highest BCUT2D eigenvalue weighted by Gasteiger charge is 2.50. The molecule has 0 saturated carbocycles. The molecule has 6 nitrogen and oxygen atoms in total. The van der Waals surface area contributed by atoms with E-state index in [1.165, 1.54) is 14.2 Å². The van der Waals surface area contributed by atoms with Crippen LogP contribution in [-0.4, -0.2) is 43.3 Å². The first-order chi connectivity index (χ1) is 9.99. The minimum atomic E-state index is -2.16. The predicted molar refractivity (Wildman–Crippen MR) is 73.8 cm³/mol. The number of esters is 1. The molecule has 1 aromatic carbocycles. The van der Waals surface area contributed by atoms with Crippen LogP contribution in [-0.2, 0) is 16.0 Å². The van der Waals surface area contributed by atoms with E-state index in [1.54, 1.807) is 19.1 Å². The molecule has 0 heterocycles. The Bertz CT molecular complexity index is 580. The van der Waals surface area contributed by atoms with Crippen molar-refractivity contribution in [2.75, 3.05) is 20.8 Å². The lowest BCUT2D eigenvalue weighted by molar-refractivity contribution is -0.160. The maximum atomic E-state index is 12.6. The van der Waals surface area contributed by atoms with Gasteiger partial charge in [0.25, 0.3) is 0 Å². The number of ether oxygens (including phenoxy) is 3. The molecule has 21 heavy (non-hydrogen) atoms. The van der Waals surface area contributed by atoms with Crippen molar-refractivity contribution >= 4 is 11.8 Å². The molecule has 1 aliphatic rings. The summed E-state index contributed by atoms with van der Waals surface area (Å²) in [6.45, 7) is 1.71. The summed E-state index contributed by atoms with van der Waals surface area (Å²) in [6, 6.07) is 3.27. The number of Topliss-reactive ketones (excluding diaryl/α,β-unsaturated/α-hetero) is 1. The number of hydrogen-bond donors (Lipinski definition) is 1. The minimum Gasteiger partial charge on any atom is -0.496 e. The van der Waals surface area contributed by atoms with Gasteiger partial charge in [-0.3, -0.25) is 4.79 Å². The Balaban J connectivity index is 2.54. The first-order valence-corrected chi connectivity index (χ1v) is 6.67. The monoisotopic (exact) mass is 294 g/mol. The van der Waals surface area contributed by atoms with Gasteiger partial charge in [-0.25, -0.2) is 4.79 Å². The zero-order valence-corrected chi connectivity index (χ0v) is 12.3. The normalized spacial score (nSPS) is 20.7. The van der Waals surface area contributed by atoms with Crippen LogP contribution in [0.25, 0.3) is 0 Å². The van der Waals surface area contributed by atoms with Crippen LogP contribution in [0.15, 0.2) is 12.1 Å². The molecular weight excluding hydrogens is 276 g/mol. The standard InChI is InChI=1S/C15H18O6/c1-4-21-14(17)15(18)8-7-9-10(19-2)5-6-11(20-3)12(9)13(15)16/h5-6,18H,4,7-8H2,1-3H3/t15-/m1/s1. The fraction of sp³-hybridized carbons (Fsp3) is 0.467. The molecule has 1 N–H and O–H groups in total. The molecule has 0 spiro atoms. The van der Waals surface area contributed by atoms with E-state index in [0.29, 0.717) is 23.5 Å². The SMILES string of the molecule is CCOC(=O)[C@@]1(O)CCc2c(OC)ccc(OC)c2C1=O. The summed E-state index contributed by atoms with van der Waals surface area (Å²) < 4.78 is 15.2. The first kappa shape index (κ1) is 15.3. The Hall–Kier alpha value is -2.08. The summed E-state index contributed by atoms with van der Waals surface area (Å²) in [5.74, 6) is -0.799. The molecule has 0 fully saturated rings. The van der Waals surface area contributed by atoms with Crippen molar-refractivity contribution in [1.29, 1.82) is 0 Å². The van der Waals surface area contributed by atoms with Crippen molar-refractivity contribution in [3.05, 3.63) is 23.3 Å². The van der Waals surface area contributed by atoms with Crippen molar-refractivity contribution < 1.29 is 28.9 Å². The van der Waals surface area contributed by atoms with Gasteiger partial charge >= 0.3 is 5.97 Å². The molecule has 1 aromatic rings. The second-order valence-electron chi connectivity index (χ2n) is 4.73. The van der Waals surface area contributed by atoms with Crippen LogP contribution in [0.5, 0.6) is 11.5 Å². The van der Waals surface area contributed by atoms with Gasteiger partial charge in [-0.05, 0) is 31.9 Å². The van der Waals surface area contributed by atoms with Crippen molar-refractivity contribution in [3.8, 4) is 11.5 Å². The number of ketones is 1. The smallest absolute Gasteiger partial charge is 0.346 e. The predicted octanol–water partition coefficient (Wildman–Crippen LogP) is 1.13. The van der Waals surface area contributed by atoms with Gasteiger partial charge in [0.15, 0.2) is 0 Å². The third-order valence-electron chi connectivity index (χ3n) is 3.62. The summed E-state index contributed by atoms with van der Waals surface area (Å²) in [5, 5.41) is 10.4. The number of carbonyl (C=O) groups is 2. The molecule has 114 valence electrons. The first-order valence-electron chi connectivity index (χ1n) is 6.67. The average molecular weight is 294 g/mol. The van der Waals surface area contributed by atoms with E-state index in [9.17, 15) is 14.7 Å². The molecule has 6 heteroatoms. The highest BCUT2D eigenvalue weighted by Crippen LogP contribution is 2.39. The third-order valence-corrected chi connectivity index (χ3v) is 3.62. The van der Waals surface area contributed by atoms with E-state index in [2.05, 4.69) is 0 Å². The van der Waals surface area contributed by atoms with Crippen molar-refractivity contribution in [3.63, 3.8) is 0 Å². The lowest BCUT2D eigenvalue weighted by Gasteiger charge is -2.31. The van der Waals surface area contributed by atoms with Crippen LogP contribution in [0, 0.1) is 0 Å². The van der Waals surface area contributed by atoms with Crippen LogP contribution < -0.4 is 9.47 Å². The van der Waals surface area contributed by atoms with Crippen molar-refractivity contribution in [2.24, 2.45) is 0 Å². The Labute approximate surface area is 122 Å². The molecule has 1 atom stereocenters. The van der Waals surface area contributed by atoms with Crippen LogP contribution >= 0.6 is 0 Å². The summed E-state index contributed by atoms with van der Waals surface area (Å²) in [4.78, 5) is 24.5. The Kier molecular flexibility index (Phi) is 4.18. The van der Waals surface area contributed by atoms with Gasteiger partial charge in [0.1, 0.15) is 11.5 Å². The molecule has 0 unspecified atom stereocenters. The van der Waals surface area contributed by atoms with E-state index in [4.69, 9.17) is 14.2 Å². The summed E-state index contributed by atoms with van der Waals surface area (Å²) in [5.41, 5.74) is -1.35. The van der Waals surface area contributed by atoms with Gasteiger partial charge in [-0.15, -0.1) is 0 Å². The fourth-order valence-corrected chi connectivity index (χ4v) is 2.54. The number of rotatable bonds is 4. The molecule has 1 aliphatic carbocycles. The minimum absolute atomic E-state index is 0.0405. The molecule has 0 aromatic heterocycles. The van der Waals surface area contributed by atoms with E-state index < -0.39 is 17.4 Å². The summed E-state index contributed by atoms with van der Waals surface area (Å²) >= 11 is 0. The second-order valence-corrected chi connectivity index (χ2v) is 4.73. The molecule has 0 amide bonds. The van der Waals surface area contributed by atoms with E-state index in [0.717, 1.165) is 0 Å². The largest absolute Gasteiger partial charge is 0.496 e. The molecule has 0 aliphatic heterocycles. The topological polar surface area (TPSA) is 82.1 Å². The Morgan fingerprint density at radius 3 is 2.48 bits per heavy atom. The van der Waals surface area contributed by atoms with E-state index >= 15 is 0 Å². The molecule has 2 rings (SSSR count). The quantitative estimate of drug-likeness (QED) is 0.662. The fourth-order valence-electron chi connectivity index (χ4n) is 2.54. The number of benzene rings is 1. The highest BCUT2D eigenvalue weighted by atomic mass is 16.5. The Morgan fingerprint density at radius 1 is 1.29 bits per heavy atom. The maximum absolute atomic E-state index is 12.6. The van der Waals surface area contributed by atoms with Gasteiger partial charge in [0.2, 0.25) is 11.4 Å². The van der Waals surface area contributed by atoms with E-state index in [1.807, 2.05) is 0 Å². The van der Waals surface area contributed by atoms with Gasteiger partial charge in [0, 0.05) is 5.56 Å².